The highest BCUT2D eigenvalue weighted by molar-refractivity contribution is 7.86. The third kappa shape index (κ3) is 7.61. The van der Waals surface area contributed by atoms with Crippen LogP contribution < -0.4 is 10.6 Å². The van der Waals surface area contributed by atoms with E-state index in [4.69, 9.17) is 10.1 Å². The topological polar surface area (TPSA) is 236 Å². The molecule has 15 nitrogen and oxygen atoms in total. The van der Waals surface area contributed by atoms with Gasteiger partial charge >= 0.3 is 0 Å². The summed E-state index contributed by atoms with van der Waals surface area (Å²) in [6.07, 6.45) is 2.00. The van der Waals surface area contributed by atoms with Crippen molar-refractivity contribution in [2.45, 2.75) is 56.2 Å². The fourth-order valence-corrected chi connectivity index (χ4v) is 6.79. The van der Waals surface area contributed by atoms with Crippen molar-refractivity contribution >= 4 is 66.5 Å². The highest BCUT2D eigenvalue weighted by Gasteiger charge is 2.30. The first-order valence-corrected chi connectivity index (χ1v) is 19.1. The molecule has 0 fully saturated rings. The lowest BCUT2D eigenvalue weighted by molar-refractivity contribution is 0.481. The van der Waals surface area contributed by atoms with Crippen LogP contribution in [0.5, 0.6) is 0 Å². The van der Waals surface area contributed by atoms with Crippen molar-refractivity contribution in [3.8, 4) is 12.1 Å². The van der Waals surface area contributed by atoms with E-state index in [-0.39, 0.29) is 50.5 Å². The molecule has 0 aliphatic heterocycles. The van der Waals surface area contributed by atoms with Gasteiger partial charge in [-0.25, -0.2) is 9.67 Å². The van der Waals surface area contributed by atoms with Gasteiger partial charge in [-0.1, -0.05) is 44.5 Å². The van der Waals surface area contributed by atoms with E-state index >= 15 is 0 Å². The Bertz CT molecular complexity index is 2700. The zero-order valence-corrected chi connectivity index (χ0v) is 31.2. The number of nitriles is 2. The van der Waals surface area contributed by atoms with E-state index in [1.165, 1.54) is 41.1 Å². The number of fused-ring (bicyclic) bond motifs is 1. The largest absolute Gasteiger partial charge is 0.339 e. The number of hydrogen-bond acceptors (Lipinski definition) is 12. The predicted molar refractivity (Wildman–Crippen MR) is 202 cm³/mol. The van der Waals surface area contributed by atoms with Crippen LogP contribution in [0.3, 0.4) is 0 Å². The van der Waals surface area contributed by atoms with Crippen LogP contribution in [0.1, 0.15) is 59.8 Å². The highest BCUT2D eigenvalue weighted by Crippen LogP contribution is 2.41. The predicted octanol–water partition coefficient (Wildman–Crippen LogP) is 7.89. The van der Waals surface area contributed by atoms with E-state index in [2.05, 4.69) is 33.0 Å². The molecule has 2 aromatic heterocycles. The van der Waals surface area contributed by atoms with Crippen molar-refractivity contribution in [3.05, 3.63) is 106 Å². The molecule has 6 rings (SSSR count). The molecule has 1 aliphatic carbocycles. The number of allylic oxidation sites excluding steroid dienone is 1. The van der Waals surface area contributed by atoms with Gasteiger partial charge in [0.2, 0.25) is 0 Å². The summed E-state index contributed by atoms with van der Waals surface area (Å²) in [5, 5.41) is 41.0. The quantitative estimate of drug-likeness (QED) is 0.0828. The van der Waals surface area contributed by atoms with Crippen molar-refractivity contribution in [2.75, 3.05) is 10.6 Å². The summed E-state index contributed by atoms with van der Waals surface area (Å²) in [7, 11) is -8.86. The molecule has 3 aromatic carbocycles. The van der Waals surface area contributed by atoms with Crippen LogP contribution in [0, 0.1) is 36.5 Å². The van der Waals surface area contributed by atoms with Gasteiger partial charge in [-0.3, -0.25) is 9.11 Å². The molecule has 54 heavy (non-hydrogen) atoms. The molecule has 0 radical (unpaired) electrons. The Labute approximate surface area is 311 Å². The number of rotatable bonds is 9. The molecular formula is C37H33N9O6S2. The molecule has 0 unspecified atom stereocenters. The Kier molecular flexibility index (Phi) is 9.70. The van der Waals surface area contributed by atoms with Crippen LogP contribution in [0.25, 0.3) is 11.8 Å². The first kappa shape index (κ1) is 37.5. The lowest BCUT2D eigenvalue weighted by Gasteiger charge is -2.16. The van der Waals surface area contributed by atoms with Gasteiger partial charge in [0.25, 0.3) is 20.2 Å². The SMILES string of the molecule is Cc1ccc(Nc2nc(Nc3ccc(S(=O)(=O)O)cc3)c(C#N)c(C)c2N=Nc2c(C#N)c(C(C)(C)C)nn2C2=Cc3ccc(S(=O)(=O)O)cc3C2)cc1. The molecule has 0 spiro atoms. The van der Waals surface area contributed by atoms with Gasteiger partial charge in [-0.05, 0) is 79.6 Å². The van der Waals surface area contributed by atoms with E-state index in [0.717, 1.165) is 5.56 Å². The van der Waals surface area contributed by atoms with Gasteiger partial charge in [-0.2, -0.15) is 32.5 Å². The fraction of sp³-hybridized carbons (Fsp3) is 0.189. The van der Waals surface area contributed by atoms with Gasteiger partial charge in [-0.15, -0.1) is 10.2 Å². The second-order valence-electron chi connectivity index (χ2n) is 13.6. The van der Waals surface area contributed by atoms with Crippen LogP contribution >= 0.6 is 0 Å². The Hall–Kier alpha value is -6.24. The van der Waals surface area contributed by atoms with Crippen molar-refractivity contribution in [1.29, 1.82) is 10.5 Å². The molecule has 0 atom stereocenters. The number of aryl methyl sites for hydroxylation is 1. The lowest BCUT2D eigenvalue weighted by atomic mass is 9.90. The monoisotopic (exact) mass is 763 g/mol. The molecule has 17 heteroatoms. The average molecular weight is 764 g/mol. The molecule has 4 N–H and O–H groups in total. The summed E-state index contributed by atoms with van der Waals surface area (Å²) < 4.78 is 67.3. The van der Waals surface area contributed by atoms with Crippen LogP contribution in [-0.2, 0) is 32.1 Å². The van der Waals surface area contributed by atoms with Gasteiger partial charge in [0.05, 0.1) is 21.0 Å². The standard InChI is InChI=1S/C37H33N9O6S2/c1-21-6-9-25(10-7-21)41-35-32(22(2)30(19-38)34(42-35)40-26-11-14-28(15-12-26)53(47,48)49)43-44-36-31(20-39)33(37(3,4)5)45-46(36)27-16-23-8-13-29(54(50,51)52)18-24(23)17-27/h6-16,18H,17H2,1-5H3,(H2,40,41,42)(H,47,48,49)(H,50,51,52). The number of hydrogen-bond donors (Lipinski definition) is 4. The van der Waals surface area contributed by atoms with Crippen LogP contribution in [0.15, 0.2) is 86.7 Å². The van der Waals surface area contributed by atoms with E-state index in [1.54, 1.807) is 19.1 Å². The Morgan fingerprint density at radius 3 is 1.94 bits per heavy atom. The van der Waals surface area contributed by atoms with Crippen molar-refractivity contribution in [1.82, 2.24) is 14.8 Å². The third-order valence-electron chi connectivity index (χ3n) is 8.56. The average Bonchev–Trinajstić information content (AvgIpc) is 3.70. The van der Waals surface area contributed by atoms with Gasteiger partial charge in [0.15, 0.2) is 17.5 Å². The number of benzene rings is 3. The highest BCUT2D eigenvalue weighted by atomic mass is 32.2. The second-order valence-corrected chi connectivity index (χ2v) is 16.4. The number of pyridine rings is 1. The Morgan fingerprint density at radius 1 is 0.796 bits per heavy atom. The van der Waals surface area contributed by atoms with Crippen molar-refractivity contribution in [2.24, 2.45) is 10.2 Å². The van der Waals surface area contributed by atoms with E-state index < -0.39 is 25.7 Å². The van der Waals surface area contributed by atoms with Gasteiger partial charge in [0, 0.05) is 34.5 Å². The molecule has 1 aliphatic rings. The number of anilines is 4. The molecule has 274 valence electrons. The maximum Gasteiger partial charge on any atom is 0.294 e. The summed E-state index contributed by atoms with van der Waals surface area (Å²) in [6.45, 7) is 9.30. The summed E-state index contributed by atoms with van der Waals surface area (Å²) in [4.78, 5) is 4.16. The van der Waals surface area contributed by atoms with E-state index in [1.807, 2.05) is 52.0 Å². The Balaban J connectivity index is 1.49. The molecule has 0 bridgehead atoms. The van der Waals surface area contributed by atoms with Gasteiger partial charge < -0.3 is 10.6 Å². The molecule has 0 amide bonds. The molecular weight excluding hydrogens is 731 g/mol. The maximum atomic E-state index is 11.8. The van der Waals surface area contributed by atoms with E-state index in [9.17, 15) is 36.5 Å². The van der Waals surface area contributed by atoms with Crippen molar-refractivity contribution in [3.63, 3.8) is 0 Å². The number of nitrogens with one attached hydrogen (secondary N) is 2. The van der Waals surface area contributed by atoms with Crippen LogP contribution in [0.4, 0.5) is 34.5 Å². The second kappa shape index (κ2) is 14.0. The van der Waals surface area contributed by atoms with Gasteiger partial charge in [0.1, 0.15) is 23.4 Å². The first-order valence-electron chi connectivity index (χ1n) is 16.3. The molecule has 5 aromatic rings. The fourth-order valence-electron chi connectivity index (χ4n) is 5.78. The number of aromatic nitrogens is 3. The smallest absolute Gasteiger partial charge is 0.294 e. The minimum atomic E-state index is -4.44. The van der Waals surface area contributed by atoms with Crippen LogP contribution in [0.2, 0.25) is 0 Å². The normalized spacial score (nSPS) is 12.9. The van der Waals surface area contributed by atoms with Crippen LogP contribution in [-0.4, -0.2) is 40.7 Å². The maximum absolute atomic E-state index is 11.8. The summed E-state index contributed by atoms with van der Waals surface area (Å²) >= 11 is 0. The third-order valence-corrected chi connectivity index (χ3v) is 10.3. The first-order chi connectivity index (χ1) is 25.4. The Morgan fingerprint density at radius 2 is 1.37 bits per heavy atom. The summed E-state index contributed by atoms with van der Waals surface area (Å²) in [5.74, 6) is 0.415. The molecule has 0 saturated carbocycles. The minimum Gasteiger partial charge on any atom is -0.339 e. The number of azo groups is 1. The van der Waals surface area contributed by atoms with Crippen molar-refractivity contribution < 1.29 is 25.9 Å². The summed E-state index contributed by atoms with van der Waals surface area (Å²) in [5.41, 5.74) is 4.59. The van der Waals surface area contributed by atoms with E-state index in [0.29, 0.717) is 39.5 Å². The zero-order chi connectivity index (χ0) is 39.2. The number of nitrogens with zero attached hydrogens (tertiary/aromatic N) is 7. The molecule has 0 saturated heterocycles. The minimum absolute atomic E-state index is 0.0943. The molecule has 2 heterocycles. The summed E-state index contributed by atoms with van der Waals surface area (Å²) in [6, 6.07) is 21.4. The lowest BCUT2D eigenvalue weighted by Crippen LogP contribution is -2.14. The zero-order valence-electron chi connectivity index (χ0n) is 29.6.